The first-order chi connectivity index (χ1) is 18.7. The van der Waals surface area contributed by atoms with Gasteiger partial charge in [0, 0.05) is 19.0 Å². The molecule has 0 unspecified atom stereocenters. The summed E-state index contributed by atoms with van der Waals surface area (Å²) in [7, 11) is 1.34. The largest absolute Gasteiger partial charge is 0.492 e. The Balaban J connectivity index is 1.30. The predicted molar refractivity (Wildman–Crippen MR) is 156 cm³/mol. The van der Waals surface area contributed by atoms with Crippen molar-refractivity contribution in [3.63, 3.8) is 0 Å². The van der Waals surface area contributed by atoms with Crippen LogP contribution in [0.15, 0.2) is 78.3 Å². The molecule has 0 bridgehead atoms. The third-order valence-electron chi connectivity index (χ3n) is 8.02. The molecule has 7 heteroatoms. The first kappa shape index (κ1) is 27.2. The molecule has 0 aromatic heterocycles. The van der Waals surface area contributed by atoms with E-state index in [1.807, 2.05) is 77.2 Å². The highest BCUT2D eigenvalue weighted by Gasteiger charge is 2.52. The monoisotopic (exact) mass is 524 g/mol. The van der Waals surface area contributed by atoms with Crippen LogP contribution in [-0.4, -0.2) is 44.6 Å². The lowest BCUT2D eigenvalue weighted by atomic mass is 9.77. The SMILES string of the molecule is CNCc1cccc(C=C(CNC(=O)OCC2c3ccccc3-c3ccccc32)B2OC(C)(C)C(C)(C)O2)c1. The van der Waals surface area contributed by atoms with Gasteiger partial charge in [-0.05, 0) is 73.6 Å². The molecule has 1 aliphatic carbocycles. The zero-order chi connectivity index (χ0) is 27.6. The van der Waals surface area contributed by atoms with Crippen LogP contribution in [0, 0.1) is 0 Å². The summed E-state index contributed by atoms with van der Waals surface area (Å²) < 4.78 is 18.4. The van der Waals surface area contributed by atoms with E-state index in [1.54, 1.807) is 0 Å². The standard InChI is InChI=1S/C32H37BN2O4/c1-31(2)32(3,4)39-33(38-31)24(18-22-11-10-12-23(17-22)19-34-5)20-35-30(36)37-21-29-27-15-8-6-13-25(27)26-14-7-9-16-28(26)29/h6-18,29,34H,19-21H2,1-5H3,(H,35,36). The summed E-state index contributed by atoms with van der Waals surface area (Å²) >= 11 is 0. The first-order valence-corrected chi connectivity index (χ1v) is 13.6. The first-order valence-electron chi connectivity index (χ1n) is 13.6. The smallest absolute Gasteiger partial charge is 0.449 e. The number of hydrogen-bond acceptors (Lipinski definition) is 5. The molecule has 39 heavy (non-hydrogen) atoms. The highest BCUT2D eigenvalue weighted by Crippen LogP contribution is 2.44. The van der Waals surface area contributed by atoms with Gasteiger partial charge in [-0.1, -0.05) is 78.9 Å². The molecule has 3 aromatic carbocycles. The van der Waals surface area contributed by atoms with Crippen LogP contribution in [0.1, 0.15) is 55.9 Å². The second-order valence-electron chi connectivity index (χ2n) is 11.3. The lowest BCUT2D eigenvalue weighted by molar-refractivity contribution is 0.00578. The molecule has 1 fully saturated rings. The van der Waals surface area contributed by atoms with E-state index >= 15 is 0 Å². The van der Waals surface area contributed by atoms with Crippen molar-refractivity contribution in [1.29, 1.82) is 0 Å². The van der Waals surface area contributed by atoms with Crippen molar-refractivity contribution < 1.29 is 18.8 Å². The van der Waals surface area contributed by atoms with Gasteiger partial charge in [0.15, 0.2) is 0 Å². The Hall–Kier alpha value is -3.39. The Kier molecular flexibility index (Phi) is 7.67. The lowest BCUT2D eigenvalue weighted by Crippen LogP contribution is -2.41. The van der Waals surface area contributed by atoms with Gasteiger partial charge in [0.25, 0.3) is 0 Å². The molecule has 1 amide bonds. The fourth-order valence-corrected chi connectivity index (χ4v) is 5.23. The molecular formula is C32H37BN2O4. The number of carbonyl (C=O) groups excluding carboxylic acids is 1. The van der Waals surface area contributed by atoms with Gasteiger partial charge in [-0.3, -0.25) is 0 Å². The number of alkyl carbamates (subject to hydrolysis) is 1. The summed E-state index contributed by atoms with van der Waals surface area (Å²) in [5.41, 5.74) is 6.80. The van der Waals surface area contributed by atoms with E-state index in [2.05, 4.69) is 47.0 Å². The predicted octanol–water partition coefficient (Wildman–Crippen LogP) is 5.96. The molecule has 5 rings (SSSR count). The van der Waals surface area contributed by atoms with Crippen molar-refractivity contribution in [1.82, 2.24) is 10.6 Å². The Morgan fingerprint density at radius 1 is 0.923 bits per heavy atom. The van der Waals surface area contributed by atoms with Gasteiger partial charge in [-0.15, -0.1) is 0 Å². The Labute approximate surface area is 231 Å². The molecule has 3 aromatic rings. The summed E-state index contributed by atoms with van der Waals surface area (Å²) in [5, 5.41) is 6.13. The van der Waals surface area contributed by atoms with E-state index in [0.717, 1.165) is 17.6 Å². The zero-order valence-electron chi connectivity index (χ0n) is 23.4. The second kappa shape index (κ2) is 11.0. The normalized spacial score (nSPS) is 17.6. The number of rotatable bonds is 8. The van der Waals surface area contributed by atoms with Crippen LogP contribution in [0.25, 0.3) is 17.2 Å². The lowest BCUT2D eigenvalue weighted by Gasteiger charge is -2.32. The zero-order valence-corrected chi connectivity index (χ0v) is 23.4. The maximum Gasteiger partial charge on any atom is 0.492 e. The number of nitrogens with one attached hydrogen (secondary N) is 2. The van der Waals surface area contributed by atoms with Gasteiger partial charge in [-0.2, -0.15) is 0 Å². The minimum Gasteiger partial charge on any atom is -0.449 e. The molecule has 1 saturated heterocycles. The van der Waals surface area contributed by atoms with Crippen molar-refractivity contribution in [2.45, 2.75) is 51.4 Å². The maximum absolute atomic E-state index is 12.9. The molecule has 2 N–H and O–H groups in total. The molecular weight excluding hydrogens is 487 g/mol. The van der Waals surface area contributed by atoms with E-state index in [-0.39, 0.29) is 19.1 Å². The highest BCUT2D eigenvalue weighted by molar-refractivity contribution is 6.56. The summed E-state index contributed by atoms with van der Waals surface area (Å²) in [6, 6.07) is 24.9. The Morgan fingerprint density at radius 2 is 1.54 bits per heavy atom. The third-order valence-corrected chi connectivity index (χ3v) is 8.02. The molecule has 1 heterocycles. The van der Waals surface area contributed by atoms with Crippen LogP contribution in [0.4, 0.5) is 4.79 Å². The van der Waals surface area contributed by atoms with E-state index < -0.39 is 24.4 Å². The van der Waals surface area contributed by atoms with Gasteiger partial charge >= 0.3 is 13.2 Å². The summed E-state index contributed by atoms with van der Waals surface area (Å²) in [5.74, 6) is 0.0103. The van der Waals surface area contributed by atoms with Crippen LogP contribution in [0.2, 0.25) is 0 Å². The van der Waals surface area contributed by atoms with Crippen LogP contribution in [-0.2, 0) is 20.6 Å². The molecule has 0 radical (unpaired) electrons. The third kappa shape index (κ3) is 5.67. The fraction of sp³-hybridized carbons (Fsp3) is 0.344. The Bertz CT molecular complexity index is 1320. The van der Waals surface area contributed by atoms with E-state index in [4.69, 9.17) is 14.0 Å². The maximum atomic E-state index is 12.9. The molecule has 0 spiro atoms. The highest BCUT2D eigenvalue weighted by atomic mass is 16.7. The number of ether oxygens (including phenoxy) is 1. The number of amides is 1. The molecule has 0 atom stereocenters. The number of hydrogen-bond donors (Lipinski definition) is 2. The number of carbonyl (C=O) groups is 1. The molecule has 6 nitrogen and oxygen atoms in total. The quantitative estimate of drug-likeness (QED) is 0.356. The van der Waals surface area contributed by atoms with Gasteiger partial charge < -0.3 is 24.7 Å². The summed E-state index contributed by atoms with van der Waals surface area (Å²) in [6.45, 7) is 9.37. The van der Waals surface area contributed by atoms with Crippen molar-refractivity contribution in [3.05, 3.63) is 101 Å². The average Bonchev–Trinajstić information content (AvgIpc) is 3.34. The van der Waals surface area contributed by atoms with Crippen LogP contribution in [0.3, 0.4) is 0 Å². The minimum atomic E-state index is -0.586. The van der Waals surface area contributed by atoms with Crippen molar-refractivity contribution >= 4 is 19.3 Å². The summed E-state index contributed by atoms with van der Waals surface area (Å²) in [4.78, 5) is 12.9. The minimum absolute atomic E-state index is 0.0103. The van der Waals surface area contributed by atoms with Crippen LogP contribution >= 0.6 is 0 Å². The molecule has 1 aliphatic heterocycles. The van der Waals surface area contributed by atoms with Gasteiger partial charge in [0.1, 0.15) is 6.61 Å². The number of benzene rings is 3. The molecule has 202 valence electrons. The van der Waals surface area contributed by atoms with Gasteiger partial charge in [0.05, 0.1) is 11.2 Å². The molecule has 2 aliphatic rings. The van der Waals surface area contributed by atoms with Crippen LogP contribution < -0.4 is 10.6 Å². The topological polar surface area (TPSA) is 68.8 Å². The van der Waals surface area contributed by atoms with E-state index in [1.165, 1.54) is 27.8 Å². The average molecular weight is 524 g/mol. The fourth-order valence-electron chi connectivity index (χ4n) is 5.23. The Morgan fingerprint density at radius 3 is 2.15 bits per heavy atom. The molecule has 0 saturated carbocycles. The second-order valence-corrected chi connectivity index (χ2v) is 11.3. The van der Waals surface area contributed by atoms with E-state index in [9.17, 15) is 4.79 Å². The van der Waals surface area contributed by atoms with Crippen molar-refractivity contribution in [3.8, 4) is 11.1 Å². The van der Waals surface area contributed by atoms with E-state index in [0.29, 0.717) is 0 Å². The van der Waals surface area contributed by atoms with Crippen LogP contribution in [0.5, 0.6) is 0 Å². The van der Waals surface area contributed by atoms with Crippen molar-refractivity contribution in [2.24, 2.45) is 0 Å². The number of fused-ring (bicyclic) bond motifs is 3. The van der Waals surface area contributed by atoms with Gasteiger partial charge in [0.2, 0.25) is 0 Å². The van der Waals surface area contributed by atoms with Gasteiger partial charge in [-0.25, -0.2) is 4.79 Å². The van der Waals surface area contributed by atoms with Crippen molar-refractivity contribution in [2.75, 3.05) is 20.2 Å². The summed E-state index contributed by atoms with van der Waals surface area (Å²) in [6.07, 6.45) is 1.56.